The maximum absolute atomic E-state index is 12.6. The summed E-state index contributed by atoms with van der Waals surface area (Å²) in [6, 6.07) is 4.10. The van der Waals surface area contributed by atoms with Crippen molar-refractivity contribution >= 4 is 17.5 Å². The van der Waals surface area contributed by atoms with Crippen molar-refractivity contribution in [2.75, 3.05) is 25.6 Å². The molecule has 1 heterocycles. The molecular formula is C18H26N2O3. The maximum Gasteiger partial charge on any atom is 0.229 e. The summed E-state index contributed by atoms with van der Waals surface area (Å²) in [5.41, 5.74) is 4.12. The molecule has 1 aromatic carbocycles. The minimum atomic E-state index is -0.304. The Kier molecular flexibility index (Phi) is 5.42. The number of ether oxygens (including phenoxy) is 1. The van der Waals surface area contributed by atoms with Crippen LogP contribution in [0.5, 0.6) is 0 Å². The van der Waals surface area contributed by atoms with Crippen molar-refractivity contribution < 1.29 is 14.3 Å². The van der Waals surface area contributed by atoms with Gasteiger partial charge in [-0.05, 0) is 38.8 Å². The van der Waals surface area contributed by atoms with Crippen molar-refractivity contribution in [1.82, 2.24) is 4.90 Å². The lowest BCUT2D eigenvalue weighted by Gasteiger charge is -2.24. The molecule has 1 saturated heterocycles. The Morgan fingerprint density at radius 2 is 1.96 bits per heavy atom. The standard InChI is InChI=1S/C18H26N2O3/c1-11-6-12(2)17(13(3)7-11)19-18(22)15-8-16(21)20(9-15)14(4)10-23-5/h6-7,14-15H,8-10H2,1-5H3,(H,19,22)/t14-,15+/m1/s1. The van der Waals surface area contributed by atoms with Crippen LogP contribution in [0, 0.1) is 26.7 Å². The Bertz CT molecular complexity index is 589. The van der Waals surface area contributed by atoms with Crippen molar-refractivity contribution in [3.63, 3.8) is 0 Å². The highest BCUT2D eigenvalue weighted by molar-refractivity contribution is 5.98. The van der Waals surface area contributed by atoms with E-state index in [2.05, 4.69) is 17.4 Å². The molecule has 0 aliphatic carbocycles. The minimum Gasteiger partial charge on any atom is -0.383 e. The molecule has 1 aliphatic rings. The van der Waals surface area contributed by atoms with E-state index in [0.29, 0.717) is 13.2 Å². The molecule has 0 spiro atoms. The predicted octanol–water partition coefficient (Wildman–Crippen LogP) is 2.43. The van der Waals surface area contributed by atoms with Crippen LogP contribution in [-0.4, -0.2) is 43.0 Å². The van der Waals surface area contributed by atoms with E-state index in [9.17, 15) is 9.59 Å². The van der Waals surface area contributed by atoms with Crippen molar-refractivity contribution in [1.29, 1.82) is 0 Å². The van der Waals surface area contributed by atoms with Gasteiger partial charge in [0.25, 0.3) is 0 Å². The third-order valence-corrected chi connectivity index (χ3v) is 4.39. The molecule has 2 atom stereocenters. The molecule has 2 rings (SSSR count). The Morgan fingerprint density at radius 3 is 2.52 bits per heavy atom. The first-order chi connectivity index (χ1) is 10.8. The first-order valence-electron chi connectivity index (χ1n) is 8.00. The van der Waals surface area contributed by atoms with E-state index < -0.39 is 0 Å². The van der Waals surface area contributed by atoms with E-state index in [-0.39, 0.29) is 30.2 Å². The molecule has 2 amide bonds. The highest BCUT2D eigenvalue weighted by Crippen LogP contribution is 2.26. The third kappa shape index (κ3) is 3.91. The highest BCUT2D eigenvalue weighted by atomic mass is 16.5. The van der Waals surface area contributed by atoms with Gasteiger partial charge in [0, 0.05) is 25.8 Å². The summed E-state index contributed by atoms with van der Waals surface area (Å²) in [5, 5.41) is 3.01. The van der Waals surface area contributed by atoms with E-state index in [0.717, 1.165) is 16.8 Å². The number of rotatable bonds is 5. The van der Waals surface area contributed by atoms with Crippen LogP contribution in [0.4, 0.5) is 5.69 Å². The van der Waals surface area contributed by atoms with Crippen molar-refractivity contribution in [3.05, 3.63) is 28.8 Å². The summed E-state index contributed by atoms with van der Waals surface area (Å²) in [6.07, 6.45) is 0.268. The van der Waals surface area contributed by atoms with Gasteiger partial charge >= 0.3 is 0 Å². The van der Waals surface area contributed by atoms with Gasteiger partial charge in [-0.25, -0.2) is 0 Å². The number of amides is 2. The van der Waals surface area contributed by atoms with E-state index in [4.69, 9.17) is 4.74 Å². The molecule has 0 aromatic heterocycles. The van der Waals surface area contributed by atoms with Gasteiger partial charge in [0.15, 0.2) is 0 Å². The molecule has 0 saturated carbocycles. The smallest absolute Gasteiger partial charge is 0.229 e. The minimum absolute atomic E-state index is 0.00635. The number of nitrogens with zero attached hydrogens (tertiary/aromatic N) is 1. The third-order valence-electron chi connectivity index (χ3n) is 4.39. The number of anilines is 1. The predicted molar refractivity (Wildman–Crippen MR) is 90.4 cm³/mol. The molecule has 5 heteroatoms. The van der Waals surface area contributed by atoms with Crippen LogP contribution in [0.15, 0.2) is 12.1 Å². The lowest BCUT2D eigenvalue weighted by molar-refractivity contribution is -0.130. The quantitative estimate of drug-likeness (QED) is 0.907. The summed E-state index contributed by atoms with van der Waals surface area (Å²) in [6.45, 7) is 8.90. The number of hydrogen-bond acceptors (Lipinski definition) is 3. The Labute approximate surface area is 138 Å². The van der Waals surface area contributed by atoms with E-state index in [1.54, 1.807) is 12.0 Å². The lowest BCUT2D eigenvalue weighted by Crippen LogP contribution is -2.38. The molecule has 1 fully saturated rings. The van der Waals surface area contributed by atoms with Crippen LogP contribution in [0.2, 0.25) is 0 Å². The molecule has 1 aromatic rings. The number of likely N-dealkylation sites (tertiary alicyclic amines) is 1. The molecule has 1 aliphatic heterocycles. The topological polar surface area (TPSA) is 58.6 Å². The fraction of sp³-hybridized carbons (Fsp3) is 0.556. The number of benzene rings is 1. The largest absolute Gasteiger partial charge is 0.383 e. The Morgan fingerprint density at radius 1 is 1.35 bits per heavy atom. The lowest BCUT2D eigenvalue weighted by atomic mass is 10.0. The van der Waals surface area contributed by atoms with Gasteiger partial charge in [-0.2, -0.15) is 0 Å². The normalized spacial score (nSPS) is 19.1. The second-order valence-corrected chi connectivity index (χ2v) is 6.51. The van der Waals surface area contributed by atoms with Gasteiger partial charge in [0.05, 0.1) is 18.6 Å². The van der Waals surface area contributed by atoms with Gasteiger partial charge in [0.2, 0.25) is 11.8 Å². The fourth-order valence-corrected chi connectivity index (χ4v) is 3.27. The van der Waals surface area contributed by atoms with Crippen molar-refractivity contribution in [2.45, 2.75) is 40.2 Å². The molecule has 1 N–H and O–H groups in total. The Balaban J connectivity index is 2.07. The summed E-state index contributed by atoms with van der Waals surface area (Å²) in [5.74, 6) is -0.366. The number of carbonyl (C=O) groups excluding carboxylic acids is 2. The van der Waals surface area contributed by atoms with Gasteiger partial charge in [0.1, 0.15) is 0 Å². The Hall–Kier alpha value is -1.88. The van der Waals surface area contributed by atoms with Crippen LogP contribution < -0.4 is 5.32 Å². The van der Waals surface area contributed by atoms with Gasteiger partial charge in [-0.3, -0.25) is 9.59 Å². The first-order valence-corrected chi connectivity index (χ1v) is 8.00. The fourth-order valence-electron chi connectivity index (χ4n) is 3.27. The van der Waals surface area contributed by atoms with Crippen LogP contribution in [0.1, 0.15) is 30.0 Å². The summed E-state index contributed by atoms with van der Waals surface area (Å²) in [4.78, 5) is 26.4. The average Bonchev–Trinajstić information content (AvgIpc) is 2.85. The zero-order valence-corrected chi connectivity index (χ0v) is 14.6. The molecule has 0 radical (unpaired) electrons. The van der Waals surface area contributed by atoms with Gasteiger partial charge < -0.3 is 15.0 Å². The molecule has 5 nitrogen and oxygen atoms in total. The number of aryl methyl sites for hydroxylation is 3. The zero-order chi connectivity index (χ0) is 17.1. The second-order valence-electron chi connectivity index (χ2n) is 6.51. The zero-order valence-electron chi connectivity index (χ0n) is 14.6. The van der Waals surface area contributed by atoms with Crippen molar-refractivity contribution in [2.24, 2.45) is 5.92 Å². The number of hydrogen-bond donors (Lipinski definition) is 1. The number of methoxy groups -OCH3 is 1. The van der Waals surface area contributed by atoms with Gasteiger partial charge in [-0.15, -0.1) is 0 Å². The number of nitrogens with one attached hydrogen (secondary N) is 1. The summed E-state index contributed by atoms with van der Waals surface area (Å²) < 4.78 is 5.10. The molecule has 0 unspecified atom stereocenters. The highest BCUT2D eigenvalue weighted by Gasteiger charge is 2.36. The van der Waals surface area contributed by atoms with Crippen LogP contribution in [0.3, 0.4) is 0 Å². The monoisotopic (exact) mass is 318 g/mol. The second kappa shape index (κ2) is 7.13. The number of carbonyl (C=O) groups is 2. The average molecular weight is 318 g/mol. The molecule has 126 valence electrons. The molecule has 23 heavy (non-hydrogen) atoms. The van der Waals surface area contributed by atoms with Crippen LogP contribution in [-0.2, 0) is 14.3 Å². The van der Waals surface area contributed by atoms with E-state index >= 15 is 0 Å². The van der Waals surface area contributed by atoms with Crippen LogP contribution >= 0.6 is 0 Å². The van der Waals surface area contributed by atoms with Gasteiger partial charge in [-0.1, -0.05) is 17.7 Å². The summed E-state index contributed by atoms with van der Waals surface area (Å²) in [7, 11) is 1.62. The SMILES string of the molecule is COC[C@@H](C)N1C[C@@H](C(=O)Nc2c(C)cc(C)cc2C)CC1=O. The van der Waals surface area contributed by atoms with E-state index in [1.807, 2.05) is 27.7 Å². The van der Waals surface area contributed by atoms with Crippen molar-refractivity contribution in [3.8, 4) is 0 Å². The molecule has 0 bridgehead atoms. The first kappa shape index (κ1) is 17.5. The maximum atomic E-state index is 12.6. The van der Waals surface area contributed by atoms with E-state index in [1.165, 1.54) is 5.56 Å². The summed E-state index contributed by atoms with van der Waals surface area (Å²) >= 11 is 0. The molecular weight excluding hydrogens is 292 g/mol. The van der Waals surface area contributed by atoms with Crippen LogP contribution in [0.25, 0.3) is 0 Å².